The van der Waals surface area contributed by atoms with Crippen LogP contribution in [0.2, 0.25) is 5.54 Å². The van der Waals surface area contributed by atoms with Crippen LogP contribution in [0, 0.1) is 28.7 Å². The number of rotatable bonds is 1. The van der Waals surface area contributed by atoms with Crippen molar-refractivity contribution in [1.29, 1.82) is 0 Å². The molecule has 0 radical (unpaired) electrons. The number of hydrogen-bond donors (Lipinski definition) is 0. The van der Waals surface area contributed by atoms with Crippen LogP contribution in [0.4, 0.5) is 0 Å². The maximum absolute atomic E-state index is 3.44. The molecule has 0 aromatic heterocycles. The Kier molecular flexibility index (Phi) is 3.09. The molecule has 3 aliphatic carbocycles. The Hall–Kier alpha value is 0.257. The van der Waals surface area contributed by atoms with Gasteiger partial charge in [-0.2, -0.15) is 0 Å². The Labute approximate surface area is 98.2 Å². The molecule has 3 rings (SSSR count). The van der Waals surface area contributed by atoms with Gasteiger partial charge < -0.3 is 0 Å². The number of alkyl halides is 1. The maximum Gasteiger partial charge on any atom is 0.110 e. The summed E-state index contributed by atoms with van der Waals surface area (Å²) in [6.45, 7) is 4.95. The van der Waals surface area contributed by atoms with Crippen molar-refractivity contribution in [1.82, 2.24) is 0 Å². The lowest BCUT2D eigenvalue weighted by Crippen LogP contribution is -2.51. The fourth-order valence-electron chi connectivity index (χ4n) is 3.46. The van der Waals surface area contributed by atoms with Gasteiger partial charge in [-0.3, -0.25) is 0 Å². The van der Waals surface area contributed by atoms with Crippen molar-refractivity contribution in [3.05, 3.63) is 0 Å². The molecule has 2 bridgehead atoms. The lowest BCUT2D eigenvalue weighted by atomic mass is 9.48. The highest BCUT2D eigenvalue weighted by Crippen LogP contribution is 2.63. The molecule has 3 unspecified atom stereocenters. The van der Waals surface area contributed by atoms with E-state index in [4.69, 9.17) is 0 Å². The van der Waals surface area contributed by atoms with Crippen molar-refractivity contribution in [2.45, 2.75) is 38.7 Å². The van der Waals surface area contributed by atoms with E-state index in [0.717, 1.165) is 22.7 Å². The minimum atomic E-state index is -0.115. The van der Waals surface area contributed by atoms with Gasteiger partial charge in [-0.15, -0.1) is 5.54 Å². The van der Waals surface area contributed by atoms with Crippen LogP contribution in [0.15, 0.2) is 0 Å². The first-order chi connectivity index (χ1) is 6.66. The molecule has 3 fully saturated rings. The molecule has 0 saturated heterocycles. The van der Waals surface area contributed by atoms with Gasteiger partial charge in [0.15, 0.2) is 0 Å². The van der Waals surface area contributed by atoms with E-state index in [1.54, 1.807) is 0 Å². The van der Waals surface area contributed by atoms with Crippen LogP contribution >= 0.6 is 15.9 Å². The van der Waals surface area contributed by atoms with Crippen LogP contribution in [-0.4, -0.2) is 14.8 Å². The highest BCUT2D eigenvalue weighted by molar-refractivity contribution is 9.09. The molecule has 0 N–H and O–H groups in total. The molecule has 0 heterocycles. The molecule has 0 aliphatic heterocycles. The maximum atomic E-state index is 3.44. The molecule has 3 atom stereocenters. The standard InChI is InChI=1S/C12H19BrSi/c1-12(2)9-4-5-11(10(12)8-9)14-7-3-6-13/h9-11H,4-6,8,14H2,1-2H3. The van der Waals surface area contributed by atoms with E-state index in [1.165, 1.54) is 19.3 Å². The van der Waals surface area contributed by atoms with Gasteiger partial charge in [-0.05, 0) is 35.6 Å². The van der Waals surface area contributed by atoms with Gasteiger partial charge in [0.1, 0.15) is 9.52 Å². The third-order valence-electron chi connectivity index (χ3n) is 4.56. The number of halogens is 1. The normalized spacial score (nSPS) is 38.9. The fourth-order valence-corrected chi connectivity index (χ4v) is 6.08. The van der Waals surface area contributed by atoms with Gasteiger partial charge in [0, 0.05) is 0 Å². The summed E-state index contributed by atoms with van der Waals surface area (Å²) in [6, 6.07) is 0. The average Bonchev–Trinajstić information content (AvgIpc) is 2.18. The molecule has 3 aliphatic rings. The first-order valence-corrected chi connectivity index (χ1v) is 8.32. The Bertz CT molecular complexity index is 272. The molecule has 78 valence electrons. The van der Waals surface area contributed by atoms with E-state index in [1.807, 2.05) is 0 Å². The predicted octanol–water partition coefficient (Wildman–Crippen LogP) is 2.76. The van der Waals surface area contributed by atoms with Crippen molar-refractivity contribution in [3.63, 3.8) is 0 Å². The zero-order chi connectivity index (χ0) is 10.2. The molecule has 2 heteroatoms. The van der Waals surface area contributed by atoms with Crippen LogP contribution in [0.5, 0.6) is 0 Å². The minimum absolute atomic E-state index is 0.115. The smallest absolute Gasteiger partial charge is 0.110 e. The first kappa shape index (κ1) is 10.8. The Morgan fingerprint density at radius 3 is 2.79 bits per heavy atom. The van der Waals surface area contributed by atoms with Crippen molar-refractivity contribution in [2.75, 3.05) is 5.33 Å². The summed E-state index contributed by atoms with van der Waals surface area (Å²) in [5, 5.41) is 0.864. The van der Waals surface area contributed by atoms with Gasteiger partial charge in [0.25, 0.3) is 0 Å². The topological polar surface area (TPSA) is 0 Å². The lowest BCUT2D eigenvalue weighted by Gasteiger charge is -2.60. The molecule has 0 spiro atoms. The van der Waals surface area contributed by atoms with E-state index in [9.17, 15) is 0 Å². The summed E-state index contributed by atoms with van der Waals surface area (Å²) in [6.07, 6.45) is 4.49. The van der Waals surface area contributed by atoms with Gasteiger partial charge in [-0.25, -0.2) is 0 Å². The Balaban J connectivity index is 1.94. The van der Waals surface area contributed by atoms with Crippen LogP contribution in [-0.2, 0) is 0 Å². The van der Waals surface area contributed by atoms with Crippen LogP contribution in [0.3, 0.4) is 0 Å². The zero-order valence-electron chi connectivity index (χ0n) is 9.15. The molecule has 0 aromatic rings. The van der Waals surface area contributed by atoms with Crippen molar-refractivity contribution < 1.29 is 0 Å². The van der Waals surface area contributed by atoms with E-state index in [2.05, 4.69) is 41.2 Å². The minimum Gasteiger partial charge on any atom is -0.138 e. The fraction of sp³-hybridized carbons (Fsp3) is 0.833. The van der Waals surface area contributed by atoms with Crippen LogP contribution in [0.25, 0.3) is 0 Å². The molecule has 3 saturated carbocycles. The summed E-state index contributed by atoms with van der Waals surface area (Å²) in [7, 11) is -0.115. The van der Waals surface area contributed by atoms with Gasteiger partial charge in [0.05, 0.1) is 5.33 Å². The van der Waals surface area contributed by atoms with E-state index in [0.29, 0.717) is 5.41 Å². The summed E-state index contributed by atoms with van der Waals surface area (Å²) in [5.41, 5.74) is 5.13. The second kappa shape index (κ2) is 4.02. The molecule has 0 aromatic carbocycles. The SMILES string of the molecule is CC1(C)C2CCC([SiH2]C#CCBr)C1C2. The number of fused-ring (bicyclic) bond motifs is 2. The molecule has 0 nitrogen and oxygen atoms in total. The second-order valence-corrected chi connectivity index (χ2v) is 7.76. The summed E-state index contributed by atoms with van der Waals surface area (Å²) in [4.78, 5) is 0. The Morgan fingerprint density at radius 2 is 2.21 bits per heavy atom. The predicted molar refractivity (Wildman–Crippen MR) is 68.5 cm³/mol. The third kappa shape index (κ3) is 1.70. The summed E-state index contributed by atoms with van der Waals surface area (Å²) >= 11 is 3.37. The second-order valence-electron chi connectivity index (χ2n) is 5.39. The highest BCUT2D eigenvalue weighted by atomic mass is 79.9. The highest BCUT2D eigenvalue weighted by Gasteiger charge is 2.53. The monoisotopic (exact) mass is 270 g/mol. The van der Waals surface area contributed by atoms with Crippen molar-refractivity contribution >= 4 is 25.4 Å². The van der Waals surface area contributed by atoms with E-state index < -0.39 is 0 Å². The molecule has 0 amide bonds. The molecular weight excluding hydrogens is 252 g/mol. The number of hydrogen-bond acceptors (Lipinski definition) is 0. The van der Waals surface area contributed by atoms with Gasteiger partial charge in [-0.1, -0.05) is 42.1 Å². The largest absolute Gasteiger partial charge is 0.138 e. The van der Waals surface area contributed by atoms with Gasteiger partial charge in [0.2, 0.25) is 0 Å². The van der Waals surface area contributed by atoms with Crippen molar-refractivity contribution in [3.8, 4) is 11.5 Å². The van der Waals surface area contributed by atoms with E-state index in [-0.39, 0.29) is 9.52 Å². The summed E-state index contributed by atoms with van der Waals surface area (Å²) in [5.74, 6) is 5.26. The third-order valence-corrected chi connectivity index (χ3v) is 6.79. The molecule has 14 heavy (non-hydrogen) atoms. The quantitative estimate of drug-likeness (QED) is 0.391. The van der Waals surface area contributed by atoms with Crippen molar-refractivity contribution in [2.24, 2.45) is 17.3 Å². The first-order valence-electron chi connectivity index (χ1n) is 5.68. The Morgan fingerprint density at radius 1 is 1.43 bits per heavy atom. The van der Waals surface area contributed by atoms with E-state index >= 15 is 0 Å². The van der Waals surface area contributed by atoms with Crippen LogP contribution in [0.1, 0.15) is 33.1 Å². The zero-order valence-corrected chi connectivity index (χ0v) is 12.1. The lowest BCUT2D eigenvalue weighted by molar-refractivity contribution is -0.0640. The molecular formula is C12H19BrSi. The van der Waals surface area contributed by atoms with Gasteiger partial charge >= 0.3 is 0 Å². The summed E-state index contributed by atoms with van der Waals surface area (Å²) < 4.78 is 0. The average molecular weight is 271 g/mol. The van der Waals surface area contributed by atoms with Crippen LogP contribution < -0.4 is 0 Å².